The summed E-state index contributed by atoms with van der Waals surface area (Å²) in [6, 6.07) is 6.54. The van der Waals surface area contributed by atoms with Crippen LogP contribution < -0.4 is 15.8 Å². The molecule has 0 radical (unpaired) electrons. The first-order chi connectivity index (χ1) is 16.9. The van der Waals surface area contributed by atoms with E-state index in [4.69, 9.17) is 0 Å². The van der Waals surface area contributed by atoms with Crippen molar-refractivity contribution in [2.45, 2.75) is 50.7 Å². The van der Waals surface area contributed by atoms with Gasteiger partial charge >= 0.3 is 0 Å². The molecule has 4 fully saturated rings. The van der Waals surface area contributed by atoms with E-state index in [-0.39, 0.29) is 23.0 Å². The van der Waals surface area contributed by atoms with Crippen molar-refractivity contribution in [2.75, 3.05) is 63.1 Å². The van der Waals surface area contributed by atoms with Crippen molar-refractivity contribution in [3.05, 3.63) is 34.7 Å². The number of anilines is 2. The lowest BCUT2D eigenvalue weighted by Crippen LogP contribution is -2.62. The lowest BCUT2D eigenvalue weighted by atomic mass is 9.68. The zero-order valence-corrected chi connectivity index (χ0v) is 20.7. The molecule has 35 heavy (non-hydrogen) atoms. The zero-order valence-electron chi connectivity index (χ0n) is 20.7. The van der Waals surface area contributed by atoms with Gasteiger partial charge in [-0.15, -0.1) is 0 Å². The molecule has 1 spiro atoms. The van der Waals surface area contributed by atoms with Crippen molar-refractivity contribution in [1.82, 2.24) is 14.4 Å². The molecule has 0 unspecified atom stereocenters. The monoisotopic (exact) mass is 479 g/mol. The molecule has 2 aromatic rings. The molecule has 1 aromatic heterocycles. The molecule has 1 aromatic carbocycles. The Kier molecular flexibility index (Phi) is 5.76. The van der Waals surface area contributed by atoms with E-state index >= 15 is 0 Å². The average molecular weight is 480 g/mol. The van der Waals surface area contributed by atoms with Crippen LogP contribution in [0.2, 0.25) is 0 Å². The molecular formula is C27H37N5O3. The number of benzene rings is 1. The zero-order chi connectivity index (χ0) is 24.2. The van der Waals surface area contributed by atoms with Crippen LogP contribution in [0.1, 0.15) is 44.6 Å². The number of carbonyl (C=O) groups excluding carboxylic acids is 1. The smallest absolute Gasteiger partial charge is 0.258 e. The fraction of sp³-hybridized carbons (Fsp3) is 0.630. The molecule has 188 valence electrons. The van der Waals surface area contributed by atoms with Gasteiger partial charge in [0.2, 0.25) is 5.91 Å². The number of hydrogen-bond donors (Lipinski definition) is 2. The van der Waals surface area contributed by atoms with Crippen LogP contribution in [0.3, 0.4) is 0 Å². The highest BCUT2D eigenvalue weighted by molar-refractivity contribution is 5.95. The predicted molar refractivity (Wildman–Crippen MR) is 138 cm³/mol. The third-order valence-electron chi connectivity index (χ3n) is 8.75. The van der Waals surface area contributed by atoms with Crippen molar-refractivity contribution >= 4 is 28.1 Å². The normalized spacial score (nSPS) is 23.0. The predicted octanol–water partition coefficient (Wildman–Crippen LogP) is 2.26. The van der Waals surface area contributed by atoms with Gasteiger partial charge in [0.15, 0.2) is 0 Å². The molecule has 0 atom stereocenters. The first-order valence-electron chi connectivity index (χ1n) is 13.2. The van der Waals surface area contributed by atoms with Crippen molar-refractivity contribution in [3.63, 3.8) is 0 Å². The number of nitrogens with one attached hydrogen (secondary N) is 1. The maximum Gasteiger partial charge on any atom is 0.258 e. The number of amides is 1. The Bertz CT molecular complexity index is 1170. The highest BCUT2D eigenvalue weighted by Gasteiger charge is 2.46. The van der Waals surface area contributed by atoms with Gasteiger partial charge in [-0.25, -0.2) is 0 Å². The van der Waals surface area contributed by atoms with Gasteiger partial charge in [-0.1, -0.05) is 0 Å². The number of aromatic nitrogens is 1. The Balaban J connectivity index is 1.06. The van der Waals surface area contributed by atoms with Gasteiger partial charge in [0.25, 0.3) is 5.56 Å². The lowest BCUT2D eigenvalue weighted by Gasteiger charge is -2.53. The number of hydrogen-bond acceptors (Lipinski definition) is 6. The second-order valence-corrected chi connectivity index (χ2v) is 11.2. The van der Waals surface area contributed by atoms with Crippen molar-refractivity contribution in [1.29, 1.82) is 0 Å². The minimum absolute atomic E-state index is 0.105. The molecule has 3 heterocycles. The Morgan fingerprint density at radius 3 is 2.43 bits per heavy atom. The van der Waals surface area contributed by atoms with Crippen LogP contribution in [0.15, 0.2) is 29.2 Å². The first-order valence-corrected chi connectivity index (χ1v) is 13.2. The number of carbonyl (C=O) groups is 1. The second-order valence-electron chi connectivity index (χ2n) is 11.2. The Morgan fingerprint density at radius 2 is 1.77 bits per heavy atom. The summed E-state index contributed by atoms with van der Waals surface area (Å²) in [6.45, 7) is 5.68. The molecule has 2 N–H and O–H groups in total. The SMILES string of the molecule is CNc1cn(C2CC2)c(=O)c2ccc(N3CCN(CC(=O)N4CC5(CCC(O)CC5)C4)CC3)cc12. The second kappa shape index (κ2) is 8.82. The molecule has 6 rings (SSSR count). The van der Waals surface area contributed by atoms with Crippen LogP contribution in [0.5, 0.6) is 0 Å². The molecule has 2 aliphatic heterocycles. The van der Waals surface area contributed by atoms with Gasteiger partial charge in [0.05, 0.1) is 18.3 Å². The summed E-state index contributed by atoms with van der Waals surface area (Å²) >= 11 is 0. The van der Waals surface area contributed by atoms with Gasteiger partial charge in [0.1, 0.15) is 0 Å². The Morgan fingerprint density at radius 1 is 1.06 bits per heavy atom. The van der Waals surface area contributed by atoms with Gasteiger partial charge in [-0.05, 0) is 56.7 Å². The molecule has 0 bridgehead atoms. The maximum atomic E-state index is 13.0. The minimum Gasteiger partial charge on any atom is -0.393 e. The number of rotatable bonds is 5. The highest BCUT2D eigenvalue weighted by Crippen LogP contribution is 2.44. The number of aliphatic hydroxyl groups is 1. The van der Waals surface area contributed by atoms with Crippen LogP contribution >= 0.6 is 0 Å². The van der Waals surface area contributed by atoms with E-state index in [1.54, 1.807) is 0 Å². The van der Waals surface area contributed by atoms with E-state index in [0.717, 1.165) is 99.9 Å². The van der Waals surface area contributed by atoms with Crippen LogP contribution in [0, 0.1) is 5.41 Å². The fourth-order valence-corrected chi connectivity index (χ4v) is 6.29. The molecular weight excluding hydrogens is 442 g/mol. The topological polar surface area (TPSA) is 81.1 Å². The van der Waals surface area contributed by atoms with Gasteiger partial charge < -0.3 is 24.8 Å². The van der Waals surface area contributed by atoms with Crippen LogP contribution in [0.25, 0.3) is 10.8 Å². The maximum absolute atomic E-state index is 13.0. The first kappa shape index (κ1) is 22.9. The van der Waals surface area contributed by atoms with E-state index in [2.05, 4.69) is 27.2 Å². The molecule has 4 aliphatic rings. The molecule has 8 heteroatoms. The number of piperazine rings is 1. The summed E-state index contributed by atoms with van der Waals surface area (Å²) in [6.07, 6.45) is 7.86. The summed E-state index contributed by atoms with van der Waals surface area (Å²) in [7, 11) is 1.91. The molecule has 1 amide bonds. The van der Waals surface area contributed by atoms with E-state index < -0.39 is 0 Å². The quantitative estimate of drug-likeness (QED) is 0.685. The number of likely N-dealkylation sites (tertiary alicyclic amines) is 1. The average Bonchev–Trinajstić information content (AvgIpc) is 3.69. The number of nitrogens with zero attached hydrogens (tertiary/aromatic N) is 4. The third kappa shape index (κ3) is 4.31. The molecule has 2 saturated heterocycles. The van der Waals surface area contributed by atoms with Crippen LogP contribution in [0.4, 0.5) is 11.4 Å². The van der Waals surface area contributed by atoms with E-state index in [0.29, 0.717) is 12.6 Å². The summed E-state index contributed by atoms with van der Waals surface area (Å²) in [5.41, 5.74) is 2.51. The molecule has 2 aliphatic carbocycles. The lowest BCUT2D eigenvalue weighted by molar-refractivity contribution is -0.148. The highest BCUT2D eigenvalue weighted by atomic mass is 16.3. The Labute approximate surface area is 206 Å². The molecule has 8 nitrogen and oxygen atoms in total. The van der Waals surface area contributed by atoms with Crippen molar-refractivity contribution in [2.24, 2.45) is 5.41 Å². The fourth-order valence-electron chi connectivity index (χ4n) is 6.29. The van der Waals surface area contributed by atoms with Gasteiger partial charge in [-0.3, -0.25) is 14.5 Å². The number of aliphatic hydroxyl groups excluding tert-OH is 1. The van der Waals surface area contributed by atoms with Crippen molar-refractivity contribution < 1.29 is 9.90 Å². The van der Waals surface area contributed by atoms with E-state index in [1.807, 2.05) is 28.8 Å². The van der Waals surface area contributed by atoms with Crippen LogP contribution in [-0.4, -0.2) is 84.3 Å². The minimum atomic E-state index is -0.143. The van der Waals surface area contributed by atoms with Crippen molar-refractivity contribution in [3.8, 4) is 0 Å². The van der Waals surface area contributed by atoms with Gasteiger partial charge in [-0.2, -0.15) is 0 Å². The standard InChI is InChI=1S/C27H37N5O3/c1-28-24-15-32(19-2-3-19)26(35)22-5-4-20(14-23(22)24)30-12-10-29(11-13-30)16-25(34)31-17-27(18-31)8-6-21(33)7-9-27/h4-5,14-15,19,21,28,33H,2-3,6-13,16-18H2,1H3. The van der Waals surface area contributed by atoms with E-state index in [1.165, 1.54) is 0 Å². The molecule has 2 saturated carbocycles. The Hall–Kier alpha value is -2.58. The van der Waals surface area contributed by atoms with Gasteiger partial charge in [0, 0.05) is 80.4 Å². The number of pyridine rings is 1. The summed E-state index contributed by atoms with van der Waals surface area (Å²) in [5.74, 6) is 0.242. The summed E-state index contributed by atoms with van der Waals surface area (Å²) < 4.78 is 1.89. The summed E-state index contributed by atoms with van der Waals surface area (Å²) in [4.78, 5) is 32.5. The van der Waals surface area contributed by atoms with Crippen LogP contribution in [-0.2, 0) is 4.79 Å². The largest absolute Gasteiger partial charge is 0.393 e. The summed E-state index contributed by atoms with van der Waals surface area (Å²) in [5, 5.41) is 14.8. The van der Waals surface area contributed by atoms with E-state index in [9.17, 15) is 14.7 Å². The third-order valence-corrected chi connectivity index (χ3v) is 8.75. The number of fused-ring (bicyclic) bond motifs is 1.